The van der Waals surface area contributed by atoms with Crippen molar-refractivity contribution < 1.29 is 4.74 Å². The zero-order valence-electron chi connectivity index (χ0n) is 16.3. The number of aromatic nitrogens is 3. The number of ether oxygens (including phenoxy) is 1. The molecule has 0 saturated carbocycles. The van der Waals surface area contributed by atoms with Crippen LogP contribution in [0.2, 0.25) is 0 Å². The molecule has 1 aromatic heterocycles. The van der Waals surface area contributed by atoms with E-state index in [1.165, 1.54) is 5.56 Å². The van der Waals surface area contributed by atoms with Gasteiger partial charge in [-0.15, -0.1) is 0 Å². The van der Waals surface area contributed by atoms with Gasteiger partial charge in [0.25, 0.3) is 0 Å². The predicted molar refractivity (Wildman–Crippen MR) is 107 cm³/mol. The Balaban J connectivity index is 1.69. The third-order valence-electron chi connectivity index (χ3n) is 4.71. The topological polar surface area (TPSA) is 101 Å². The Kier molecular flexibility index (Phi) is 6.41. The van der Waals surface area contributed by atoms with Crippen LogP contribution in [0.4, 0.5) is 11.9 Å². The molecule has 0 radical (unpaired) electrons. The zero-order chi connectivity index (χ0) is 19.2. The molecular weight excluding hydrogens is 342 g/mol. The average Bonchev–Trinajstić information content (AvgIpc) is 2.67. The van der Waals surface area contributed by atoms with E-state index in [1.54, 1.807) is 0 Å². The Morgan fingerprint density at radius 2 is 2.00 bits per heavy atom. The molecule has 27 heavy (non-hydrogen) atoms. The lowest BCUT2D eigenvalue weighted by atomic mass is 9.86. The van der Waals surface area contributed by atoms with Gasteiger partial charge in [0.15, 0.2) is 0 Å². The predicted octanol–water partition coefficient (Wildman–Crippen LogP) is 1.15. The average molecular weight is 371 g/mol. The summed E-state index contributed by atoms with van der Waals surface area (Å²) in [6.45, 7) is 5.14. The van der Waals surface area contributed by atoms with Crippen molar-refractivity contribution in [2.24, 2.45) is 0 Å². The van der Waals surface area contributed by atoms with Gasteiger partial charge in [0.1, 0.15) is 11.6 Å². The normalized spacial score (nSPS) is 19.7. The van der Waals surface area contributed by atoms with E-state index in [-0.39, 0.29) is 12.0 Å². The lowest BCUT2D eigenvalue weighted by Gasteiger charge is -2.33. The Morgan fingerprint density at radius 3 is 2.70 bits per heavy atom. The van der Waals surface area contributed by atoms with Crippen LogP contribution < -0.4 is 26.0 Å². The van der Waals surface area contributed by atoms with E-state index in [2.05, 4.69) is 37.7 Å². The Bertz CT molecular complexity index is 735. The summed E-state index contributed by atoms with van der Waals surface area (Å²) in [5.74, 6) is 2.81. The zero-order valence-corrected chi connectivity index (χ0v) is 16.3. The van der Waals surface area contributed by atoms with Crippen LogP contribution in [0, 0.1) is 0 Å². The fourth-order valence-corrected chi connectivity index (χ4v) is 3.38. The summed E-state index contributed by atoms with van der Waals surface area (Å²) < 4.78 is 5.56. The molecule has 4 N–H and O–H groups in total. The van der Waals surface area contributed by atoms with Crippen molar-refractivity contribution >= 4 is 11.9 Å². The quantitative estimate of drug-likeness (QED) is 0.666. The fourth-order valence-electron chi connectivity index (χ4n) is 3.38. The van der Waals surface area contributed by atoms with Crippen molar-refractivity contribution in [3.8, 4) is 5.75 Å². The minimum Gasteiger partial charge on any atom is -0.494 e. The van der Waals surface area contributed by atoms with Gasteiger partial charge in [-0.3, -0.25) is 0 Å². The van der Waals surface area contributed by atoms with Gasteiger partial charge in [0.05, 0.1) is 13.2 Å². The van der Waals surface area contributed by atoms with Crippen LogP contribution in [0.15, 0.2) is 24.3 Å². The third kappa shape index (κ3) is 5.05. The monoisotopic (exact) mass is 371 g/mol. The number of hydrogen-bond donors (Lipinski definition) is 3. The number of anilines is 2. The summed E-state index contributed by atoms with van der Waals surface area (Å²) in [6, 6.07) is 8.72. The van der Waals surface area contributed by atoms with Crippen LogP contribution in [-0.2, 0) is 6.54 Å². The molecule has 3 rings (SSSR count). The molecule has 1 fully saturated rings. The van der Waals surface area contributed by atoms with Gasteiger partial charge in [0, 0.05) is 32.6 Å². The number of hydrogen-bond acceptors (Lipinski definition) is 8. The van der Waals surface area contributed by atoms with Crippen molar-refractivity contribution in [3.63, 3.8) is 0 Å². The summed E-state index contributed by atoms with van der Waals surface area (Å²) in [5.41, 5.74) is 7.14. The molecule has 1 saturated heterocycles. The molecule has 1 aliphatic rings. The molecule has 2 aromatic rings. The fraction of sp³-hybridized carbons (Fsp3) is 0.526. The maximum atomic E-state index is 5.82. The van der Waals surface area contributed by atoms with Gasteiger partial charge in [-0.1, -0.05) is 12.1 Å². The molecule has 2 heterocycles. The van der Waals surface area contributed by atoms with Gasteiger partial charge in [-0.25, -0.2) is 0 Å². The van der Waals surface area contributed by atoms with Crippen LogP contribution in [0.1, 0.15) is 30.7 Å². The van der Waals surface area contributed by atoms with Crippen molar-refractivity contribution in [3.05, 3.63) is 35.7 Å². The number of nitrogens with two attached hydrogens (primary N) is 1. The number of nitrogens with zero attached hydrogens (tertiary/aromatic N) is 4. The molecule has 1 aromatic carbocycles. The van der Waals surface area contributed by atoms with Gasteiger partial charge in [-0.05, 0) is 37.6 Å². The molecule has 0 aliphatic carbocycles. The van der Waals surface area contributed by atoms with Gasteiger partial charge in [0.2, 0.25) is 11.9 Å². The maximum Gasteiger partial charge on any atom is 0.229 e. The Hall–Kier alpha value is -2.45. The highest BCUT2D eigenvalue weighted by Crippen LogP contribution is 2.27. The SMILES string of the molecule is CCOc1ccc([C@@H]2CCNC[C@@H]2NCc2nc(N)nc(N(C)C)n2)cc1. The van der Waals surface area contributed by atoms with Crippen LogP contribution in [0.25, 0.3) is 0 Å². The summed E-state index contributed by atoms with van der Waals surface area (Å²) in [7, 11) is 3.78. The molecule has 1 aliphatic heterocycles. The van der Waals surface area contributed by atoms with Crippen molar-refractivity contribution in [1.82, 2.24) is 25.6 Å². The van der Waals surface area contributed by atoms with Gasteiger partial charge < -0.3 is 26.0 Å². The van der Waals surface area contributed by atoms with E-state index < -0.39 is 0 Å². The van der Waals surface area contributed by atoms with Crippen molar-refractivity contribution in [2.75, 3.05) is 44.4 Å². The van der Waals surface area contributed by atoms with Crippen LogP contribution in [-0.4, -0.2) is 54.8 Å². The van der Waals surface area contributed by atoms with Gasteiger partial charge in [-0.2, -0.15) is 15.0 Å². The van der Waals surface area contributed by atoms with E-state index in [1.807, 2.05) is 38.1 Å². The standard InChI is InChI=1S/C19H29N7O/c1-4-27-14-7-5-13(6-8-14)15-9-10-21-11-16(15)22-12-17-23-18(20)25-19(24-17)26(2)3/h5-8,15-16,21-22H,4,9-12H2,1-3H3,(H2,20,23,24,25)/t15-,16-/m0/s1. The highest BCUT2D eigenvalue weighted by atomic mass is 16.5. The second-order valence-electron chi connectivity index (χ2n) is 6.89. The minimum atomic E-state index is 0.246. The lowest BCUT2D eigenvalue weighted by Crippen LogP contribution is -2.47. The molecular formula is C19H29N7O. The van der Waals surface area contributed by atoms with E-state index in [9.17, 15) is 0 Å². The van der Waals surface area contributed by atoms with Crippen LogP contribution >= 0.6 is 0 Å². The summed E-state index contributed by atoms with van der Waals surface area (Å²) in [6.07, 6.45) is 1.08. The first-order chi connectivity index (χ1) is 13.1. The number of piperidine rings is 1. The van der Waals surface area contributed by atoms with Crippen LogP contribution in [0.3, 0.4) is 0 Å². The first-order valence-electron chi connectivity index (χ1n) is 9.41. The first kappa shape index (κ1) is 19.3. The molecule has 8 nitrogen and oxygen atoms in total. The molecule has 146 valence electrons. The molecule has 0 unspecified atom stereocenters. The van der Waals surface area contributed by atoms with Crippen molar-refractivity contribution in [1.29, 1.82) is 0 Å². The Labute approximate surface area is 160 Å². The minimum absolute atomic E-state index is 0.246. The number of rotatable bonds is 7. The number of nitrogens with one attached hydrogen (secondary N) is 2. The van der Waals surface area contributed by atoms with E-state index >= 15 is 0 Å². The highest BCUT2D eigenvalue weighted by molar-refractivity contribution is 5.33. The second-order valence-corrected chi connectivity index (χ2v) is 6.89. The molecule has 0 bridgehead atoms. The lowest BCUT2D eigenvalue weighted by molar-refractivity contribution is 0.334. The van der Waals surface area contributed by atoms with E-state index in [0.717, 1.165) is 25.3 Å². The molecule has 8 heteroatoms. The summed E-state index contributed by atoms with van der Waals surface area (Å²) in [5, 5.41) is 7.07. The summed E-state index contributed by atoms with van der Waals surface area (Å²) in [4.78, 5) is 14.7. The summed E-state index contributed by atoms with van der Waals surface area (Å²) >= 11 is 0. The highest BCUT2D eigenvalue weighted by Gasteiger charge is 2.26. The number of benzene rings is 1. The molecule has 0 spiro atoms. The van der Waals surface area contributed by atoms with E-state index in [4.69, 9.17) is 10.5 Å². The second kappa shape index (κ2) is 8.96. The smallest absolute Gasteiger partial charge is 0.229 e. The molecule has 0 amide bonds. The van der Waals surface area contributed by atoms with Crippen LogP contribution in [0.5, 0.6) is 5.75 Å². The maximum absolute atomic E-state index is 5.82. The largest absolute Gasteiger partial charge is 0.494 e. The molecule has 2 atom stereocenters. The number of nitrogen functional groups attached to an aromatic ring is 1. The van der Waals surface area contributed by atoms with Crippen molar-refractivity contribution in [2.45, 2.75) is 31.8 Å². The first-order valence-corrected chi connectivity index (χ1v) is 9.41. The van der Waals surface area contributed by atoms with E-state index in [0.29, 0.717) is 30.8 Å². The van der Waals surface area contributed by atoms with Gasteiger partial charge >= 0.3 is 0 Å². The Morgan fingerprint density at radius 1 is 1.22 bits per heavy atom. The third-order valence-corrected chi connectivity index (χ3v) is 4.71.